The Hall–Kier alpha value is -0.800. The standard InChI is InChI=1S/C15H22Cl2N2O/c1-5-11(6-2)19(9-10(3)4)15(20)14-12(16)7-8-13(17)18-14/h7-8,10-11H,5-6,9H2,1-4H3. The van der Waals surface area contributed by atoms with Crippen LogP contribution in [0.1, 0.15) is 51.0 Å². The molecule has 0 saturated heterocycles. The summed E-state index contributed by atoms with van der Waals surface area (Å²) in [5.74, 6) is 0.248. The van der Waals surface area contributed by atoms with Crippen LogP contribution in [0.5, 0.6) is 0 Å². The first-order valence-corrected chi connectivity index (χ1v) is 7.79. The zero-order chi connectivity index (χ0) is 15.3. The molecule has 0 atom stereocenters. The highest BCUT2D eigenvalue weighted by molar-refractivity contribution is 6.34. The maximum Gasteiger partial charge on any atom is 0.274 e. The van der Waals surface area contributed by atoms with E-state index in [0.717, 1.165) is 12.8 Å². The minimum atomic E-state index is -0.139. The second-order valence-corrected chi connectivity index (χ2v) is 6.08. The van der Waals surface area contributed by atoms with E-state index in [2.05, 4.69) is 32.7 Å². The van der Waals surface area contributed by atoms with E-state index in [-0.39, 0.29) is 22.8 Å². The molecule has 3 nitrogen and oxygen atoms in total. The highest BCUT2D eigenvalue weighted by Crippen LogP contribution is 2.21. The fourth-order valence-electron chi connectivity index (χ4n) is 2.22. The van der Waals surface area contributed by atoms with Gasteiger partial charge in [0.25, 0.3) is 5.91 Å². The summed E-state index contributed by atoms with van der Waals surface area (Å²) in [4.78, 5) is 18.7. The summed E-state index contributed by atoms with van der Waals surface area (Å²) in [6, 6.07) is 3.40. The van der Waals surface area contributed by atoms with Gasteiger partial charge in [-0.1, -0.05) is 50.9 Å². The van der Waals surface area contributed by atoms with Gasteiger partial charge in [0.15, 0.2) is 0 Å². The van der Waals surface area contributed by atoms with Gasteiger partial charge in [0.1, 0.15) is 10.8 Å². The molecule has 0 radical (unpaired) electrons. The summed E-state index contributed by atoms with van der Waals surface area (Å²) in [7, 11) is 0. The molecule has 0 unspecified atom stereocenters. The Kier molecular flexibility index (Phi) is 6.77. The van der Waals surface area contributed by atoms with E-state index in [9.17, 15) is 4.79 Å². The Labute approximate surface area is 131 Å². The van der Waals surface area contributed by atoms with Crippen molar-refractivity contribution in [1.82, 2.24) is 9.88 Å². The van der Waals surface area contributed by atoms with Gasteiger partial charge >= 0.3 is 0 Å². The third-order valence-electron chi connectivity index (χ3n) is 3.22. The van der Waals surface area contributed by atoms with E-state index >= 15 is 0 Å². The van der Waals surface area contributed by atoms with Crippen LogP contribution in [0.3, 0.4) is 0 Å². The van der Waals surface area contributed by atoms with Crippen LogP contribution < -0.4 is 0 Å². The summed E-state index contributed by atoms with van der Waals surface area (Å²) in [5, 5.41) is 0.630. The summed E-state index contributed by atoms with van der Waals surface area (Å²) in [6.45, 7) is 9.05. The molecule has 112 valence electrons. The average molecular weight is 317 g/mol. The van der Waals surface area contributed by atoms with Gasteiger partial charge in [0.2, 0.25) is 0 Å². The predicted molar refractivity (Wildman–Crippen MR) is 84.5 cm³/mol. The van der Waals surface area contributed by atoms with E-state index in [4.69, 9.17) is 23.2 Å². The first-order valence-electron chi connectivity index (χ1n) is 7.03. The zero-order valence-electron chi connectivity index (χ0n) is 12.5. The Morgan fingerprint density at radius 2 is 1.85 bits per heavy atom. The first-order chi connectivity index (χ1) is 9.40. The van der Waals surface area contributed by atoms with E-state index in [0.29, 0.717) is 17.5 Å². The Morgan fingerprint density at radius 1 is 1.25 bits per heavy atom. The number of pyridine rings is 1. The van der Waals surface area contributed by atoms with Gasteiger partial charge < -0.3 is 4.90 Å². The zero-order valence-corrected chi connectivity index (χ0v) is 14.0. The second kappa shape index (κ2) is 7.84. The summed E-state index contributed by atoms with van der Waals surface area (Å²) in [6.07, 6.45) is 1.82. The number of nitrogens with zero attached hydrogens (tertiary/aromatic N) is 2. The molecule has 20 heavy (non-hydrogen) atoms. The smallest absolute Gasteiger partial charge is 0.274 e. The number of carbonyl (C=O) groups is 1. The van der Waals surface area contributed by atoms with Crippen molar-refractivity contribution in [3.63, 3.8) is 0 Å². The molecule has 0 N–H and O–H groups in total. The van der Waals surface area contributed by atoms with Crippen LogP contribution in [-0.2, 0) is 0 Å². The monoisotopic (exact) mass is 316 g/mol. The number of rotatable bonds is 6. The van der Waals surface area contributed by atoms with Crippen molar-refractivity contribution >= 4 is 29.1 Å². The highest BCUT2D eigenvalue weighted by atomic mass is 35.5. The van der Waals surface area contributed by atoms with Crippen LogP contribution in [0.4, 0.5) is 0 Å². The topological polar surface area (TPSA) is 33.2 Å². The van der Waals surface area contributed by atoms with Crippen LogP contribution in [-0.4, -0.2) is 28.4 Å². The normalized spacial score (nSPS) is 11.2. The van der Waals surface area contributed by atoms with Crippen LogP contribution in [0.2, 0.25) is 10.2 Å². The number of aromatic nitrogens is 1. The molecule has 0 bridgehead atoms. The lowest BCUT2D eigenvalue weighted by Gasteiger charge is -2.32. The minimum Gasteiger partial charge on any atom is -0.334 e. The van der Waals surface area contributed by atoms with Crippen molar-refractivity contribution in [3.05, 3.63) is 28.0 Å². The number of amides is 1. The molecule has 0 spiro atoms. The molecule has 0 aliphatic rings. The van der Waals surface area contributed by atoms with Crippen molar-refractivity contribution in [3.8, 4) is 0 Å². The molecule has 0 aromatic carbocycles. The lowest BCUT2D eigenvalue weighted by Crippen LogP contribution is -2.42. The molecular weight excluding hydrogens is 295 g/mol. The second-order valence-electron chi connectivity index (χ2n) is 5.29. The van der Waals surface area contributed by atoms with Crippen molar-refractivity contribution < 1.29 is 4.79 Å². The Bertz CT molecular complexity index is 459. The molecule has 0 aliphatic heterocycles. The van der Waals surface area contributed by atoms with Gasteiger partial charge in [-0.25, -0.2) is 4.98 Å². The summed E-state index contributed by atoms with van der Waals surface area (Å²) >= 11 is 12.0. The molecule has 1 heterocycles. The van der Waals surface area contributed by atoms with Gasteiger partial charge in [0, 0.05) is 12.6 Å². The predicted octanol–water partition coefficient (Wildman–Crippen LogP) is 4.68. The molecule has 0 fully saturated rings. The van der Waals surface area contributed by atoms with Crippen LogP contribution >= 0.6 is 23.2 Å². The largest absolute Gasteiger partial charge is 0.334 e. The van der Waals surface area contributed by atoms with Crippen molar-refractivity contribution in [2.75, 3.05) is 6.54 Å². The number of halogens is 2. The number of hydrogen-bond acceptors (Lipinski definition) is 2. The van der Waals surface area contributed by atoms with Crippen molar-refractivity contribution in [1.29, 1.82) is 0 Å². The van der Waals surface area contributed by atoms with Gasteiger partial charge in [-0.2, -0.15) is 0 Å². The van der Waals surface area contributed by atoms with Crippen LogP contribution in [0.15, 0.2) is 12.1 Å². The fourth-order valence-corrected chi connectivity index (χ4v) is 2.56. The molecular formula is C15H22Cl2N2O. The quantitative estimate of drug-likeness (QED) is 0.714. The highest BCUT2D eigenvalue weighted by Gasteiger charge is 2.26. The van der Waals surface area contributed by atoms with Gasteiger partial charge in [-0.05, 0) is 30.9 Å². The molecule has 5 heteroatoms. The Balaban J connectivity index is 3.12. The summed E-state index contributed by atoms with van der Waals surface area (Å²) in [5.41, 5.74) is 0.242. The van der Waals surface area contributed by atoms with Crippen molar-refractivity contribution in [2.45, 2.75) is 46.6 Å². The molecule has 1 aromatic heterocycles. The fraction of sp³-hybridized carbons (Fsp3) is 0.600. The Morgan fingerprint density at radius 3 is 2.35 bits per heavy atom. The van der Waals surface area contributed by atoms with Crippen molar-refractivity contribution in [2.24, 2.45) is 5.92 Å². The molecule has 1 rings (SSSR count). The van der Waals surface area contributed by atoms with Crippen LogP contribution in [0.25, 0.3) is 0 Å². The lowest BCUT2D eigenvalue weighted by atomic mass is 10.1. The number of hydrogen-bond donors (Lipinski definition) is 0. The van der Waals surface area contributed by atoms with Gasteiger partial charge in [-0.3, -0.25) is 4.79 Å². The SMILES string of the molecule is CCC(CC)N(CC(C)C)C(=O)c1nc(Cl)ccc1Cl. The maximum atomic E-state index is 12.7. The molecule has 0 aliphatic carbocycles. The minimum absolute atomic E-state index is 0.139. The molecule has 1 aromatic rings. The lowest BCUT2D eigenvalue weighted by molar-refractivity contribution is 0.0634. The third kappa shape index (κ3) is 4.35. The van der Waals surface area contributed by atoms with E-state index in [1.54, 1.807) is 12.1 Å². The molecule has 0 saturated carbocycles. The van der Waals surface area contributed by atoms with Gasteiger partial charge in [0.05, 0.1) is 5.02 Å². The first kappa shape index (κ1) is 17.3. The third-order valence-corrected chi connectivity index (χ3v) is 3.74. The molecule has 1 amide bonds. The average Bonchev–Trinajstić information content (AvgIpc) is 2.40. The van der Waals surface area contributed by atoms with Crippen LogP contribution in [0, 0.1) is 5.92 Å². The van der Waals surface area contributed by atoms with E-state index in [1.807, 2.05) is 4.90 Å². The van der Waals surface area contributed by atoms with E-state index in [1.165, 1.54) is 0 Å². The maximum absolute atomic E-state index is 12.7. The van der Waals surface area contributed by atoms with E-state index < -0.39 is 0 Å². The number of carbonyl (C=O) groups excluding carboxylic acids is 1. The van der Waals surface area contributed by atoms with Gasteiger partial charge in [-0.15, -0.1) is 0 Å². The summed E-state index contributed by atoms with van der Waals surface area (Å²) < 4.78 is 0.